The van der Waals surface area contributed by atoms with Crippen molar-refractivity contribution in [3.05, 3.63) is 47.0 Å². The van der Waals surface area contributed by atoms with Gasteiger partial charge < -0.3 is 15.2 Å². The Morgan fingerprint density at radius 2 is 2.10 bits per heavy atom. The van der Waals surface area contributed by atoms with E-state index in [1.807, 2.05) is 30.3 Å². The van der Waals surface area contributed by atoms with Crippen LogP contribution in [0, 0.1) is 0 Å². The fraction of sp³-hybridized carbons (Fsp3) is 0.231. The first kappa shape index (κ1) is 14.9. The van der Waals surface area contributed by atoms with E-state index in [0.29, 0.717) is 5.69 Å². The van der Waals surface area contributed by atoms with Crippen molar-refractivity contribution in [3.8, 4) is 0 Å². The van der Waals surface area contributed by atoms with E-state index in [1.165, 1.54) is 0 Å². The first-order valence-electron chi connectivity index (χ1n) is 6.11. The zero-order valence-electron chi connectivity index (χ0n) is 10.9. The van der Waals surface area contributed by atoms with Crippen molar-refractivity contribution in [2.45, 2.75) is 19.1 Å². The molecule has 0 saturated carbocycles. The molecule has 7 nitrogen and oxygen atoms in total. The van der Waals surface area contributed by atoms with Crippen molar-refractivity contribution in [1.82, 2.24) is 14.9 Å². The summed E-state index contributed by atoms with van der Waals surface area (Å²) in [5, 5.41) is 16.7. The van der Waals surface area contributed by atoms with E-state index in [-0.39, 0.29) is 13.0 Å². The highest BCUT2D eigenvalue weighted by Crippen LogP contribution is 2.15. The molecule has 0 radical (unpaired) electrons. The fourth-order valence-electron chi connectivity index (χ4n) is 1.63. The summed E-state index contributed by atoms with van der Waals surface area (Å²) >= 11 is 1.09. The van der Waals surface area contributed by atoms with Crippen LogP contribution in [-0.4, -0.2) is 26.8 Å². The summed E-state index contributed by atoms with van der Waals surface area (Å²) in [6, 6.07) is 8.43. The van der Waals surface area contributed by atoms with Crippen LogP contribution < -0.4 is 5.32 Å². The van der Waals surface area contributed by atoms with Crippen molar-refractivity contribution < 1.29 is 19.4 Å². The zero-order valence-corrected chi connectivity index (χ0v) is 11.7. The van der Waals surface area contributed by atoms with Gasteiger partial charge in [-0.25, -0.2) is 4.79 Å². The third kappa shape index (κ3) is 4.84. The highest BCUT2D eigenvalue weighted by atomic mass is 32.1. The van der Waals surface area contributed by atoms with Crippen LogP contribution in [0.2, 0.25) is 0 Å². The second-order valence-corrected chi connectivity index (χ2v) is 4.80. The van der Waals surface area contributed by atoms with Crippen LogP contribution in [0.25, 0.3) is 0 Å². The van der Waals surface area contributed by atoms with Crippen LogP contribution in [0.4, 0.5) is 4.79 Å². The Labute approximate surface area is 124 Å². The second kappa shape index (κ2) is 7.34. The molecule has 1 aromatic heterocycles. The lowest BCUT2D eigenvalue weighted by Crippen LogP contribution is -2.30. The highest BCUT2D eigenvalue weighted by Gasteiger charge is 2.21. The predicted octanol–water partition coefficient (Wildman–Crippen LogP) is 1.98. The maximum Gasteiger partial charge on any atom is 0.408 e. The minimum absolute atomic E-state index is 0.113. The molecule has 2 rings (SSSR count). The molecule has 0 aliphatic rings. The molecule has 2 N–H and O–H groups in total. The molecule has 21 heavy (non-hydrogen) atoms. The van der Waals surface area contributed by atoms with Gasteiger partial charge in [0.15, 0.2) is 0 Å². The van der Waals surface area contributed by atoms with Crippen LogP contribution >= 0.6 is 11.5 Å². The van der Waals surface area contributed by atoms with Crippen molar-refractivity contribution >= 4 is 23.6 Å². The number of nitrogens with zero attached hydrogens (tertiary/aromatic N) is 2. The number of aromatic nitrogens is 2. The number of aliphatic carboxylic acids is 1. The lowest BCUT2D eigenvalue weighted by Gasteiger charge is -2.14. The summed E-state index contributed by atoms with van der Waals surface area (Å²) in [4.78, 5) is 22.6. The number of rotatable bonds is 6. The SMILES string of the molecule is O=C(O)C[C@@H](NC(=O)OCc1ccccc1)c1csnn1. The molecule has 0 spiro atoms. The number of ether oxygens (including phenoxy) is 1. The quantitative estimate of drug-likeness (QED) is 0.846. The van der Waals surface area contributed by atoms with E-state index >= 15 is 0 Å². The molecular weight excluding hydrogens is 294 g/mol. The Bertz CT molecular complexity index is 589. The summed E-state index contributed by atoms with van der Waals surface area (Å²) in [6.45, 7) is 0.113. The molecule has 1 aromatic carbocycles. The monoisotopic (exact) mass is 307 g/mol. The number of carboxylic acid groups (broad SMARTS) is 1. The largest absolute Gasteiger partial charge is 0.481 e. The van der Waals surface area contributed by atoms with Crippen molar-refractivity contribution in [1.29, 1.82) is 0 Å². The maximum absolute atomic E-state index is 11.7. The van der Waals surface area contributed by atoms with Gasteiger partial charge in [0.05, 0.1) is 18.2 Å². The Kier molecular flexibility index (Phi) is 5.22. The number of alkyl carbamates (subject to hydrolysis) is 1. The van der Waals surface area contributed by atoms with Gasteiger partial charge in [0.2, 0.25) is 0 Å². The smallest absolute Gasteiger partial charge is 0.408 e. The Hall–Kier alpha value is -2.48. The summed E-state index contributed by atoms with van der Waals surface area (Å²) < 4.78 is 8.71. The van der Waals surface area contributed by atoms with Gasteiger partial charge in [-0.05, 0) is 17.1 Å². The van der Waals surface area contributed by atoms with Gasteiger partial charge in [-0.3, -0.25) is 4.79 Å². The van der Waals surface area contributed by atoms with Gasteiger partial charge in [0.1, 0.15) is 6.61 Å². The lowest BCUT2D eigenvalue weighted by atomic mass is 10.1. The summed E-state index contributed by atoms with van der Waals surface area (Å²) in [5.74, 6) is -1.05. The van der Waals surface area contributed by atoms with Gasteiger partial charge in [0, 0.05) is 5.38 Å². The van der Waals surface area contributed by atoms with E-state index in [9.17, 15) is 9.59 Å². The molecule has 1 atom stereocenters. The van der Waals surface area contributed by atoms with Gasteiger partial charge in [-0.2, -0.15) is 0 Å². The topological polar surface area (TPSA) is 101 Å². The van der Waals surface area contributed by atoms with Crippen LogP contribution in [0.5, 0.6) is 0 Å². The molecular formula is C13H13N3O4S. The average Bonchev–Trinajstić information content (AvgIpc) is 2.99. The van der Waals surface area contributed by atoms with E-state index in [0.717, 1.165) is 17.1 Å². The number of carboxylic acids is 1. The standard InChI is InChI=1S/C13H13N3O4S/c17-12(18)6-10(11-8-21-16-15-11)14-13(19)20-7-9-4-2-1-3-5-9/h1-5,8,10H,6-7H2,(H,14,19)(H,17,18)/t10-/m1/s1. The normalized spacial score (nSPS) is 11.6. The number of hydrogen-bond acceptors (Lipinski definition) is 6. The number of hydrogen-bond donors (Lipinski definition) is 2. The molecule has 2 aromatic rings. The van der Waals surface area contributed by atoms with E-state index in [2.05, 4.69) is 14.9 Å². The highest BCUT2D eigenvalue weighted by molar-refractivity contribution is 7.03. The molecule has 0 aliphatic carbocycles. The minimum atomic E-state index is -1.05. The summed E-state index contributed by atoms with van der Waals surface area (Å²) in [5.41, 5.74) is 1.25. The van der Waals surface area contributed by atoms with Crippen molar-refractivity contribution in [3.63, 3.8) is 0 Å². The second-order valence-electron chi connectivity index (χ2n) is 4.19. The average molecular weight is 307 g/mol. The van der Waals surface area contributed by atoms with Crippen molar-refractivity contribution in [2.24, 2.45) is 0 Å². The Balaban J connectivity index is 1.90. The van der Waals surface area contributed by atoms with Gasteiger partial charge in [-0.15, -0.1) is 5.10 Å². The molecule has 0 fully saturated rings. The molecule has 0 saturated heterocycles. The number of carbonyl (C=O) groups excluding carboxylic acids is 1. The third-order valence-electron chi connectivity index (χ3n) is 2.62. The maximum atomic E-state index is 11.7. The molecule has 0 aliphatic heterocycles. The first-order valence-corrected chi connectivity index (χ1v) is 6.95. The molecule has 0 unspecified atom stereocenters. The van der Waals surface area contributed by atoms with Gasteiger partial charge in [0.25, 0.3) is 0 Å². The number of benzene rings is 1. The van der Waals surface area contributed by atoms with E-state index in [4.69, 9.17) is 9.84 Å². The van der Waals surface area contributed by atoms with E-state index < -0.39 is 18.1 Å². The zero-order chi connectivity index (χ0) is 15.1. The minimum Gasteiger partial charge on any atom is -0.481 e. The number of nitrogens with one attached hydrogen (secondary N) is 1. The third-order valence-corrected chi connectivity index (χ3v) is 3.14. The molecule has 8 heteroatoms. The number of amides is 1. The molecule has 0 bridgehead atoms. The van der Waals surface area contributed by atoms with Crippen LogP contribution in [0.15, 0.2) is 35.7 Å². The van der Waals surface area contributed by atoms with Crippen LogP contribution in [0.3, 0.4) is 0 Å². The molecule has 1 heterocycles. The lowest BCUT2D eigenvalue weighted by molar-refractivity contribution is -0.137. The van der Waals surface area contributed by atoms with Crippen molar-refractivity contribution in [2.75, 3.05) is 0 Å². The molecule has 1 amide bonds. The molecule has 110 valence electrons. The van der Waals surface area contributed by atoms with Gasteiger partial charge >= 0.3 is 12.1 Å². The predicted molar refractivity (Wildman–Crippen MR) is 74.7 cm³/mol. The number of carbonyl (C=O) groups is 2. The Morgan fingerprint density at radius 1 is 1.33 bits per heavy atom. The fourth-order valence-corrected chi connectivity index (χ4v) is 2.14. The summed E-state index contributed by atoms with van der Waals surface area (Å²) in [7, 11) is 0. The van der Waals surface area contributed by atoms with Crippen LogP contribution in [-0.2, 0) is 16.1 Å². The van der Waals surface area contributed by atoms with Crippen LogP contribution in [0.1, 0.15) is 23.7 Å². The Morgan fingerprint density at radius 3 is 2.71 bits per heavy atom. The van der Waals surface area contributed by atoms with Gasteiger partial charge in [-0.1, -0.05) is 34.8 Å². The summed E-state index contributed by atoms with van der Waals surface area (Å²) in [6.07, 6.45) is -0.982. The van der Waals surface area contributed by atoms with E-state index in [1.54, 1.807) is 5.38 Å². The first-order chi connectivity index (χ1) is 10.1.